The van der Waals surface area contributed by atoms with Gasteiger partial charge in [-0.25, -0.2) is 13.2 Å². The smallest absolute Gasteiger partial charge is 0.281 e. The molecule has 1 amide bonds. The molecule has 6 nitrogen and oxygen atoms in total. The molecule has 0 saturated heterocycles. The van der Waals surface area contributed by atoms with Crippen LogP contribution in [0.25, 0.3) is 11.1 Å². The molecule has 1 aliphatic rings. The van der Waals surface area contributed by atoms with Crippen LogP contribution in [0.5, 0.6) is 0 Å². The molecule has 0 N–H and O–H groups in total. The fourth-order valence-electron chi connectivity index (χ4n) is 3.58. The van der Waals surface area contributed by atoms with Crippen LogP contribution in [-0.4, -0.2) is 45.9 Å². The number of benzene rings is 1. The van der Waals surface area contributed by atoms with Gasteiger partial charge in [0.25, 0.3) is 11.8 Å². The molecule has 0 atom stereocenters. The van der Waals surface area contributed by atoms with Gasteiger partial charge in [-0.15, -0.1) is 0 Å². The van der Waals surface area contributed by atoms with Crippen LogP contribution >= 0.6 is 0 Å². The van der Waals surface area contributed by atoms with Crippen molar-refractivity contribution in [3.8, 4) is 11.1 Å². The highest BCUT2D eigenvalue weighted by molar-refractivity contribution is 6.00. The summed E-state index contributed by atoms with van der Waals surface area (Å²) in [5, 5.41) is 4.27. The summed E-state index contributed by atoms with van der Waals surface area (Å²) in [6.45, 7) is 7.71. The minimum Gasteiger partial charge on any atom is -0.487 e. The average molecular weight is 461 g/mol. The summed E-state index contributed by atoms with van der Waals surface area (Å²) in [6, 6.07) is 4.81. The number of hydrogen-bond donors (Lipinski definition) is 0. The molecule has 2 aromatic rings. The van der Waals surface area contributed by atoms with E-state index in [1.54, 1.807) is 30.8 Å². The highest BCUT2D eigenvalue weighted by Gasteiger charge is 2.35. The summed E-state index contributed by atoms with van der Waals surface area (Å²) < 4.78 is 48.9. The van der Waals surface area contributed by atoms with E-state index in [1.807, 2.05) is 13.1 Å². The molecule has 2 heterocycles. The Balaban J connectivity index is 1.78. The molecular weight excluding hydrogens is 433 g/mol. The maximum Gasteiger partial charge on any atom is 0.281 e. The van der Waals surface area contributed by atoms with Gasteiger partial charge in [0.2, 0.25) is 0 Å². The van der Waals surface area contributed by atoms with Gasteiger partial charge in [0.1, 0.15) is 17.1 Å². The van der Waals surface area contributed by atoms with Crippen LogP contribution in [0.15, 0.2) is 53.0 Å². The van der Waals surface area contributed by atoms with E-state index in [2.05, 4.69) is 16.7 Å². The van der Waals surface area contributed by atoms with Crippen LogP contribution in [0.3, 0.4) is 0 Å². The fraction of sp³-hybridized carbons (Fsp3) is 0.375. The molecule has 0 bridgehead atoms. The number of aliphatic imine (C=N–C) groups is 1. The molecular formula is C24H27F3N4O2. The van der Waals surface area contributed by atoms with Gasteiger partial charge in [-0.3, -0.25) is 14.5 Å². The third-order valence-corrected chi connectivity index (χ3v) is 5.41. The van der Waals surface area contributed by atoms with Crippen LogP contribution in [0.4, 0.5) is 13.2 Å². The van der Waals surface area contributed by atoms with Crippen molar-refractivity contribution in [1.82, 2.24) is 14.7 Å². The number of hydrogen-bond acceptors (Lipinski definition) is 4. The lowest BCUT2D eigenvalue weighted by atomic mass is 10.0. The maximum atomic E-state index is 14.9. The maximum absolute atomic E-state index is 14.9. The zero-order chi connectivity index (χ0) is 24.3. The Labute approximate surface area is 191 Å². The van der Waals surface area contributed by atoms with E-state index < -0.39 is 30.7 Å². The van der Waals surface area contributed by atoms with Gasteiger partial charge in [-0.05, 0) is 25.5 Å². The Hall–Kier alpha value is -3.36. The first-order chi connectivity index (χ1) is 15.6. The summed E-state index contributed by atoms with van der Waals surface area (Å²) >= 11 is 0. The van der Waals surface area contributed by atoms with E-state index in [0.717, 1.165) is 11.3 Å². The highest BCUT2D eigenvalue weighted by Crippen LogP contribution is 2.31. The topological polar surface area (TPSA) is 59.7 Å². The second-order valence-electron chi connectivity index (χ2n) is 7.90. The zero-order valence-corrected chi connectivity index (χ0v) is 19.2. The van der Waals surface area contributed by atoms with Crippen LogP contribution < -0.4 is 0 Å². The number of carbonyl (C=O) groups excluding carboxylic acids is 1. The minimum absolute atomic E-state index is 0.0123. The van der Waals surface area contributed by atoms with Gasteiger partial charge in [0.05, 0.1) is 17.9 Å². The predicted octanol–water partition coefficient (Wildman–Crippen LogP) is 4.80. The molecule has 1 aliphatic heterocycles. The fourth-order valence-corrected chi connectivity index (χ4v) is 3.58. The molecule has 0 fully saturated rings. The molecule has 0 radical (unpaired) electrons. The number of amides is 1. The molecule has 0 saturated carbocycles. The zero-order valence-electron chi connectivity index (χ0n) is 19.2. The number of nitrogens with zero attached hydrogens (tertiary/aromatic N) is 4. The van der Waals surface area contributed by atoms with Gasteiger partial charge < -0.3 is 9.64 Å². The number of rotatable bonds is 9. The van der Waals surface area contributed by atoms with E-state index >= 15 is 0 Å². The Morgan fingerprint density at radius 1 is 1.39 bits per heavy atom. The molecule has 1 aromatic heterocycles. The quantitative estimate of drug-likeness (QED) is 0.399. The lowest BCUT2D eigenvalue weighted by Gasteiger charge is -2.19. The molecule has 33 heavy (non-hydrogen) atoms. The largest absolute Gasteiger partial charge is 0.487 e. The lowest BCUT2D eigenvalue weighted by molar-refractivity contribution is -0.126. The molecule has 0 unspecified atom stereocenters. The molecule has 176 valence electrons. The number of aromatic nitrogens is 2. The second kappa shape index (κ2) is 9.64. The SMILES string of the molecule is C=C(OCC(F)(F)CC)C1=C(N=CC)CN(Cc2ccc(-c3cn(C)nc3C)cc2F)C1=O. The number of ether oxygens (including phenoxy) is 1. The van der Waals surface area contributed by atoms with Crippen LogP contribution in [0.1, 0.15) is 31.5 Å². The first kappa shape index (κ1) is 24.3. The first-order valence-electron chi connectivity index (χ1n) is 10.6. The first-order valence-corrected chi connectivity index (χ1v) is 10.6. The van der Waals surface area contributed by atoms with E-state index in [-0.39, 0.29) is 24.4 Å². The molecule has 1 aromatic carbocycles. The van der Waals surface area contributed by atoms with Crippen molar-refractivity contribution in [3.05, 3.63) is 65.1 Å². The van der Waals surface area contributed by atoms with Gasteiger partial charge >= 0.3 is 0 Å². The summed E-state index contributed by atoms with van der Waals surface area (Å²) in [5.41, 5.74) is 2.98. The Morgan fingerprint density at radius 3 is 2.70 bits per heavy atom. The van der Waals surface area contributed by atoms with Gasteiger partial charge in [-0.1, -0.05) is 25.6 Å². The Bertz CT molecular complexity index is 1130. The third kappa shape index (κ3) is 5.35. The summed E-state index contributed by atoms with van der Waals surface area (Å²) in [6.07, 6.45) is 2.91. The number of aryl methyl sites for hydroxylation is 2. The molecule has 9 heteroatoms. The van der Waals surface area contributed by atoms with Crippen molar-refractivity contribution in [3.63, 3.8) is 0 Å². The molecule has 3 rings (SSSR count). The summed E-state index contributed by atoms with van der Waals surface area (Å²) in [4.78, 5) is 18.6. The molecule has 0 spiro atoms. The van der Waals surface area contributed by atoms with E-state index in [4.69, 9.17) is 4.74 Å². The van der Waals surface area contributed by atoms with Gasteiger partial charge in [0, 0.05) is 43.6 Å². The Morgan fingerprint density at radius 2 is 2.12 bits per heavy atom. The highest BCUT2D eigenvalue weighted by atomic mass is 19.3. The summed E-state index contributed by atoms with van der Waals surface area (Å²) in [7, 11) is 1.79. The predicted molar refractivity (Wildman–Crippen MR) is 120 cm³/mol. The van der Waals surface area contributed by atoms with Gasteiger partial charge in [0.15, 0.2) is 6.61 Å². The average Bonchev–Trinajstić information content (AvgIpc) is 3.26. The second-order valence-corrected chi connectivity index (χ2v) is 7.90. The van der Waals surface area contributed by atoms with Gasteiger partial charge in [-0.2, -0.15) is 5.10 Å². The van der Waals surface area contributed by atoms with E-state index in [1.165, 1.54) is 24.1 Å². The van der Waals surface area contributed by atoms with Crippen molar-refractivity contribution >= 4 is 12.1 Å². The normalized spacial score (nSPS) is 14.6. The van der Waals surface area contributed by atoms with Crippen molar-refractivity contribution in [2.75, 3.05) is 13.2 Å². The van der Waals surface area contributed by atoms with Crippen LogP contribution in [0.2, 0.25) is 0 Å². The van der Waals surface area contributed by atoms with E-state index in [9.17, 15) is 18.0 Å². The van der Waals surface area contributed by atoms with Crippen LogP contribution in [0, 0.1) is 12.7 Å². The van der Waals surface area contributed by atoms with Crippen molar-refractivity contribution in [2.45, 2.75) is 39.7 Å². The summed E-state index contributed by atoms with van der Waals surface area (Å²) in [5.74, 6) is -4.16. The monoisotopic (exact) mass is 460 g/mol. The lowest BCUT2D eigenvalue weighted by Crippen LogP contribution is -2.28. The minimum atomic E-state index is -3.03. The van der Waals surface area contributed by atoms with E-state index in [0.29, 0.717) is 16.8 Å². The van der Waals surface area contributed by atoms with Crippen molar-refractivity contribution in [2.24, 2.45) is 12.0 Å². The number of halogens is 3. The number of alkyl halides is 2. The van der Waals surface area contributed by atoms with Crippen molar-refractivity contribution in [1.29, 1.82) is 0 Å². The van der Waals surface area contributed by atoms with Crippen molar-refractivity contribution < 1.29 is 22.7 Å². The number of carbonyl (C=O) groups is 1. The Kier molecular flexibility index (Phi) is 7.09. The third-order valence-electron chi connectivity index (χ3n) is 5.41. The molecule has 0 aliphatic carbocycles. The standard InChI is InChI=1S/C24H27F3N4O2/c1-6-24(26,27)14-33-16(4)22-21(28-7-2)13-31(23(22)32)11-18-9-8-17(10-20(18)25)19-12-30(5)29-15(19)3/h7-10,12H,4,6,11,13-14H2,1-3,5H3. The van der Waals surface area contributed by atoms with Crippen LogP contribution in [-0.2, 0) is 23.1 Å².